The van der Waals surface area contributed by atoms with Crippen molar-refractivity contribution in [1.82, 2.24) is 5.32 Å². The van der Waals surface area contributed by atoms with E-state index in [2.05, 4.69) is 33.6 Å². The standard InChI is InChI=1S/C17H19N3O/c1-2-3-11-17(19-20-17)12-10-16(21)18-15-9-8-13-6-4-5-7-14(13)15/h1,4-7,15H,3,8-12H2,(H,18,21)/t15-/m0/s1. The predicted molar refractivity (Wildman–Crippen MR) is 80.5 cm³/mol. The molecule has 1 atom stereocenters. The van der Waals surface area contributed by atoms with Crippen LogP contribution in [0.25, 0.3) is 0 Å². The number of terminal acetylenes is 1. The van der Waals surface area contributed by atoms with Crippen molar-refractivity contribution < 1.29 is 4.79 Å². The Morgan fingerprint density at radius 3 is 2.95 bits per heavy atom. The van der Waals surface area contributed by atoms with Crippen LogP contribution in [-0.2, 0) is 11.2 Å². The molecule has 0 fully saturated rings. The number of benzene rings is 1. The van der Waals surface area contributed by atoms with Gasteiger partial charge in [0.1, 0.15) is 0 Å². The van der Waals surface area contributed by atoms with E-state index in [-0.39, 0.29) is 17.6 Å². The zero-order valence-corrected chi connectivity index (χ0v) is 12.0. The first-order chi connectivity index (χ1) is 10.2. The fourth-order valence-corrected chi connectivity index (χ4v) is 2.96. The van der Waals surface area contributed by atoms with Gasteiger partial charge >= 0.3 is 0 Å². The second kappa shape index (κ2) is 5.69. The molecular formula is C17H19N3O. The molecule has 1 aromatic carbocycles. The Bertz CT molecular complexity index is 609. The molecule has 1 heterocycles. The van der Waals surface area contributed by atoms with Crippen LogP contribution in [0.5, 0.6) is 0 Å². The molecule has 3 rings (SSSR count). The number of amides is 1. The molecule has 21 heavy (non-hydrogen) atoms. The highest BCUT2D eigenvalue weighted by Gasteiger charge is 2.39. The smallest absolute Gasteiger partial charge is 0.220 e. The lowest BCUT2D eigenvalue weighted by Gasteiger charge is -2.15. The van der Waals surface area contributed by atoms with Crippen molar-refractivity contribution in [2.45, 2.75) is 50.2 Å². The zero-order chi connectivity index (χ0) is 14.7. The minimum atomic E-state index is -0.364. The largest absolute Gasteiger partial charge is 0.349 e. The molecule has 1 aliphatic carbocycles. The molecule has 108 valence electrons. The molecule has 0 saturated heterocycles. The van der Waals surface area contributed by atoms with E-state index in [9.17, 15) is 4.79 Å². The highest BCUT2D eigenvalue weighted by molar-refractivity contribution is 5.76. The third-order valence-corrected chi connectivity index (χ3v) is 4.27. The minimum absolute atomic E-state index is 0.0779. The van der Waals surface area contributed by atoms with Crippen LogP contribution < -0.4 is 5.32 Å². The van der Waals surface area contributed by atoms with Gasteiger partial charge in [-0.1, -0.05) is 24.3 Å². The fraction of sp³-hybridized carbons (Fsp3) is 0.471. The molecule has 4 heteroatoms. The molecule has 0 spiro atoms. The van der Waals surface area contributed by atoms with Crippen LogP contribution in [0.3, 0.4) is 0 Å². The molecular weight excluding hydrogens is 262 g/mol. The third kappa shape index (κ3) is 3.13. The molecule has 1 aliphatic heterocycles. The Hall–Kier alpha value is -2.15. The Morgan fingerprint density at radius 1 is 1.38 bits per heavy atom. The molecule has 0 radical (unpaired) electrons. The summed E-state index contributed by atoms with van der Waals surface area (Å²) in [5.74, 6) is 2.68. The van der Waals surface area contributed by atoms with Crippen molar-refractivity contribution in [1.29, 1.82) is 0 Å². The summed E-state index contributed by atoms with van der Waals surface area (Å²) in [5.41, 5.74) is 2.24. The average molecular weight is 281 g/mol. The number of nitrogens with zero attached hydrogens (tertiary/aromatic N) is 2. The molecule has 1 aromatic rings. The lowest BCUT2D eigenvalue weighted by Crippen LogP contribution is -2.28. The number of carbonyl (C=O) groups excluding carboxylic acids is 1. The van der Waals surface area contributed by atoms with Gasteiger partial charge in [-0.15, -0.1) is 12.3 Å². The molecule has 0 unspecified atom stereocenters. The number of nitrogens with one attached hydrogen (secondary N) is 1. The van der Waals surface area contributed by atoms with Gasteiger partial charge in [-0.2, -0.15) is 10.2 Å². The van der Waals surface area contributed by atoms with Gasteiger partial charge in [-0.25, -0.2) is 0 Å². The van der Waals surface area contributed by atoms with Crippen LogP contribution >= 0.6 is 0 Å². The molecule has 0 saturated carbocycles. The maximum absolute atomic E-state index is 12.1. The normalized spacial score (nSPS) is 20.6. The van der Waals surface area contributed by atoms with Crippen molar-refractivity contribution in [3.05, 3.63) is 35.4 Å². The van der Waals surface area contributed by atoms with Crippen LogP contribution in [0.15, 0.2) is 34.5 Å². The Labute approximate surface area is 125 Å². The molecule has 2 aliphatic rings. The van der Waals surface area contributed by atoms with Gasteiger partial charge in [0, 0.05) is 25.7 Å². The molecule has 4 nitrogen and oxygen atoms in total. The van der Waals surface area contributed by atoms with E-state index in [1.807, 2.05) is 12.1 Å². The summed E-state index contributed by atoms with van der Waals surface area (Å²) in [7, 11) is 0. The Kier molecular flexibility index (Phi) is 3.74. The first-order valence-electron chi connectivity index (χ1n) is 7.47. The van der Waals surface area contributed by atoms with Gasteiger partial charge in [0.25, 0.3) is 0 Å². The first-order valence-corrected chi connectivity index (χ1v) is 7.47. The van der Waals surface area contributed by atoms with Crippen LogP contribution in [-0.4, -0.2) is 11.6 Å². The van der Waals surface area contributed by atoms with E-state index in [1.54, 1.807) is 0 Å². The summed E-state index contributed by atoms with van der Waals surface area (Å²) in [5, 5.41) is 11.3. The summed E-state index contributed by atoms with van der Waals surface area (Å²) in [6.45, 7) is 0. The molecule has 1 amide bonds. The lowest BCUT2D eigenvalue weighted by molar-refractivity contribution is -0.122. The number of rotatable bonds is 6. The quantitative estimate of drug-likeness (QED) is 0.800. The monoisotopic (exact) mass is 281 g/mol. The summed E-state index contributed by atoms with van der Waals surface area (Å²) < 4.78 is 0. The van der Waals surface area contributed by atoms with Crippen LogP contribution in [0.4, 0.5) is 0 Å². The number of carbonyl (C=O) groups is 1. The van der Waals surface area contributed by atoms with Crippen molar-refractivity contribution in [2.75, 3.05) is 0 Å². The topological polar surface area (TPSA) is 53.8 Å². The first kappa shape index (κ1) is 13.8. The summed E-state index contributed by atoms with van der Waals surface area (Å²) in [6, 6.07) is 8.48. The summed E-state index contributed by atoms with van der Waals surface area (Å²) in [4.78, 5) is 12.1. The van der Waals surface area contributed by atoms with Crippen molar-refractivity contribution in [2.24, 2.45) is 10.2 Å². The van der Waals surface area contributed by atoms with E-state index in [1.165, 1.54) is 11.1 Å². The third-order valence-electron chi connectivity index (χ3n) is 4.27. The predicted octanol–water partition coefficient (Wildman–Crippen LogP) is 3.15. The summed E-state index contributed by atoms with van der Waals surface area (Å²) in [6.07, 6.45) is 9.82. The van der Waals surface area contributed by atoms with Gasteiger partial charge in [-0.05, 0) is 24.0 Å². The fourth-order valence-electron chi connectivity index (χ4n) is 2.96. The van der Waals surface area contributed by atoms with E-state index >= 15 is 0 Å². The van der Waals surface area contributed by atoms with E-state index in [0.717, 1.165) is 19.3 Å². The lowest BCUT2D eigenvalue weighted by atomic mass is 10.0. The van der Waals surface area contributed by atoms with Crippen LogP contribution in [0, 0.1) is 12.3 Å². The second-order valence-electron chi connectivity index (χ2n) is 5.74. The average Bonchev–Trinajstić information content (AvgIpc) is 3.18. The number of hydrogen-bond acceptors (Lipinski definition) is 3. The molecule has 0 bridgehead atoms. The maximum atomic E-state index is 12.1. The van der Waals surface area contributed by atoms with E-state index in [4.69, 9.17) is 6.42 Å². The van der Waals surface area contributed by atoms with E-state index in [0.29, 0.717) is 19.3 Å². The number of aryl methyl sites for hydroxylation is 1. The summed E-state index contributed by atoms with van der Waals surface area (Å²) >= 11 is 0. The SMILES string of the molecule is C#CCCC1(CCC(=O)N[C@H]2CCc3ccccc32)N=N1. The number of hydrogen-bond donors (Lipinski definition) is 1. The second-order valence-corrected chi connectivity index (χ2v) is 5.74. The van der Waals surface area contributed by atoms with Gasteiger partial charge in [0.05, 0.1) is 6.04 Å². The zero-order valence-electron chi connectivity index (χ0n) is 12.0. The number of fused-ring (bicyclic) bond motifs is 1. The van der Waals surface area contributed by atoms with Crippen LogP contribution in [0.1, 0.15) is 49.3 Å². The highest BCUT2D eigenvalue weighted by atomic mass is 16.1. The molecule has 0 aromatic heterocycles. The van der Waals surface area contributed by atoms with Crippen molar-refractivity contribution >= 4 is 5.91 Å². The van der Waals surface area contributed by atoms with Gasteiger partial charge in [-0.3, -0.25) is 4.79 Å². The highest BCUT2D eigenvalue weighted by Crippen LogP contribution is 2.37. The van der Waals surface area contributed by atoms with E-state index < -0.39 is 0 Å². The van der Waals surface area contributed by atoms with Gasteiger partial charge in [0.2, 0.25) is 5.91 Å². The van der Waals surface area contributed by atoms with Crippen molar-refractivity contribution in [3.63, 3.8) is 0 Å². The maximum Gasteiger partial charge on any atom is 0.220 e. The Balaban J connectivity index is 1.49. The van der Waals surface area contributed by atoms with Crippen molar-refractivity contribution in [3.8, 4) is 12.3 Å². The van der Waals surface area contributed by atoms with Gasteiger partial charge in [0.15, 0.2) is 5.66 Å². The minimum Gasteiger partial charge on any atom is -0.349 e. The van der Waals surface area contributed by atoms with Gasteiger partial charge < -0.3 is 5.32 Å². The van der Waals surface area contributed by atoms with Crippen LogP contribution in [0.2, 0.25) is 0 Å². The molecule has 1 N–H and O–H groups in total. The Morgan fingerprint density at radius 2 is 2.19 bits per heavy atom.